The van der Waals surface area contributed by atoms with E-state index in [1.807, 2.05) is 0 Å². The maximum Gasteiger partial charge on any atom is 0.306 e. The third-order valence-electron chi connectivity index (χ3n) is 14.5. The average molecular weight is 1110 g/mol. The lowest BCUT2D eigenvalue weighted by atomic mass is 10.0. The van der Waals surface area contributed by atoms with Crippen LogP contribution in [0.5, 0.6) is 0 Å². The fourth-order valence-corrected chi connectivity index (χ4v) is 9.52. The molecule has 0 saturated carbocycles. The molecule has 0 bridgehead atoms. The molecule has 0 aromatic carbocycles. The van der Waals surface area contributed by atoms with E-state index in [0.717, 1.165) is 135 Å². The van der Waals surface area contributed by atoms with Crippen molar-refractivity contribution in [3.05, 3.63) is 109 Å². The molecule has 0 spiro atoms. The lowest BCUT2D eigenvalue weighted by Crippen LogP contribution is -2.30. The lowest BCUT2D eigenvalue weighted by molar-refractivity contribution is -0.167. The Kier molecular flexibility index (Phi) is 64.3. The Labute approximate surface area is 495 Å². The van der Waals surface area contributed by atoms with Crippen molar-refractivity contribution >= 4 is 17.9 Å². The van der Waals surface area contributed by atoms with Crippen molar-refractivity contribution in [2.75, 3.05) is 13.2 Å². The number of carbonyl (C=O) groups excluding carboxylic acids is 3. The molecule has 0 fully saturated rings. The number of unbranched alkanes of at least 4 members (excludes halogenated alkanes) is 32. The van der Waals surface area contributed by atoms with E-state index in [2.05, 4.69) is 130 Å². The van der Waals surface area contributed by atoms with Gasteiger partial charge in [0.2, 0.25) is 0 Å². The Bertz CT molecular complexity index is 1610. The molecule has 1 atom stereocenters. The molecular formula is C74H126O6. The second-order valence-electron chi connectivity index (χ2n) is 22.3. The summed E-state index contributed by atoms with van der Waals surface area (Å²) < 4.78 is 17.0. The molecule has 0 aromatic heterocycles. The van der Waals surface area contributed by atoms with E-state index in [9.17, 15) is 14.4 Å². The lowest BCUT2D eigenvalue weighted by Gasteiger charge is -2.18. The van der Waals surface area contributed by atoms with Crippen LogP contribution < -0.4 is 0 Å². The minimum Gasteiger partial charge on any atom is -0.462 e. The Hall–Kier alpha value is -3.93. The summed E-state index contributed by atoms with van der Waals surface area (Å²) in [4.78, 5) is 38.4. The van der Waals surface area contributed by atoms with Gasteiger partial charge in [-0.2, -0.15) is 0 Å². The van der Waals surface area contributed by atoms with Crippen molar-refractivity contribution < 1.29 is 28.6 Å². The quantitative estimate of drug-likeness (QED) is 0.0261. The Morgan fingerprint density at radius 1 is 0.263 bits per heavy atom. The van der Waals surface area contributed by atoms with Crippen LogP contribution in [0.2, 0.25) is 0 Å². The SMILES string of the molecule is CC/C=C\C/C=C\C/C=C\C/C=C\C/C=C\CCCCCCCC(=O)OC(COC(=O)CCCCCCCCCCCCCC/C=C\C/C=C\C/C=C\C/C=C\CC)COC(=O)CCCCCCCCCCCCCCCCCC. The van der Waals surface area contributed by atoms with Gasteiger partial charge in [0.25, 0.3) is 0 Å². The van der Waals surface area contributed by atoms with Crippen molar-refractivity contribution in [2.45, 2.75) is 329 Å². The van der Waals surface area contributed by atoms with Crippen molar-refractivity contribution in [3.8, 4) is 0 Å². The number of esters is 3. The second kappa shape index (κ2) is 67.6. The highest BCUT2D eigenvalue weighted by Crippen LogP contribution is 2.17. The third kappa shape index (κ3) is 64.9. The maximum absolute atomic E-state index is 12.9. The van der Waals surface area contributed by atoms with E-state index in [0.29, 0.717) is 19.3 Å². The molecule has 6 nitrogen and oxygen atoms in total. The topological polar surface area (TPSA) is 78.9 Å². The Balaban J connectivity index is 4.38. The summed E-state index contributed by atoms with van der Waals surface area (Å²) in [7, 11) is 0. The van der Waals surface area contributed by atoms with Crippen LogP contribution in [0.1, 0.15) is 323 Å². The van der Waals surface area contributed by atoms with Gasteiger partial charge in [-0.25, -0.2) is 0 Å². The van der Waals surface area contributed by atoms with E-state index in [1.165, 1.54) is 148 Å². The molecule has 0 aliphatic heterocycles. The zero-order chi connectivity index (χ0) is 57.8. The summed E-state index contributed by atoms with van der Waals surface area (Å²) in [5.74, 6) is -0.891. The van der Waals surface area contributed by atoms with Crippen LogP contribution in [0.4, 0.5) is 0 Å². The molecule has 0 aromatic rings. The van der Waals surface area contributed by atoms with Crippen molar-refractivity contribution in [3.63, 3.8) is 0 Å². The number of hydrogen-bond donors (Lipinski definition) is 0. The van der Waals surface area contributed by atoms with Crippen molar-refractivity contribution in [2.24, 2.45) is 0 Å². The first-order valence-corrected chi connectivity index (χ1v) is 33.9. The molecule has 1 unspecified atom stereocenters. The van der Waals surface area contributed by atoms with E-state index in [-0.39, 0.29) is 31.1 Å². The first kappa shape index (κ1) is 76.1. The summed E-state index contributed by atoms with van der Waals surface area (Å²) >= 11 is 0. The number of allylic oxidation sites excluding steroid dienone is 18. The summed E-state index contributed by atoms with van der Waals surface area (Å²) in [5.41, 5.74) is 0. The smallest absolute Gasteiger partial charge is 0.306 e. The van der Waals surface area contributed by atoms with Gasteiger partial charge in [-0.15, -0.1) is 0 Å². The number of rotatable bonds is 61. The largest absolute Gasteiger partial charge is 0.462 e. The van der Waals surface area contributed by atoms with Crippen LogP contribution in [0, 0.1) is 0 Å². The van der Waals surface area contributed by atoms with E-state index < -0.39 is 6.10 Å². The average Bonchev–Trinajstić information content (AvgIpc) is 3.46. The van der Waals surface area contributed by atoms with E-state index >= 15 is 0 Å². The van der Waals surface area contributed by atoms with Crippen molar-refractivity contribution in [1.29, 1.82) is 0 Å². The highest BCUT2D eigenvalue weighted by molar-refractivity contribution is 5.71. The molecule has 0 rings (SSSR count). The number of carbonyl (C=O) groups is 3. The van der Waals surface area contributed by atoms with Gasteiger partial charge in [-0.1, -0.05) is 310 Å². The van der Waals surface area contributed by atoms with Gasteiger partial charge in [-0.3, -0.25) is 14.4 Å². The molecule has 458 valence electrons. The summed E-state index contributed by atoms with van der Waals surface area (Å²) in [6, 6.07) is 0. The second-order valence-corrected chi connectivity index (χ2v) is 22.3. The van der Waals surface area contributed by atoms with Crippen LogP contribution in [-0.2, 0) is 28.6 Å². The highest BCUT2D eigenvalue weighted by atomic mass is 16.6. The standard InChI is InChI=1S/C74H126O6/c1-4-7-10-13-16-19-22-25-28-31-33-35-36-37-38-40-41-43-46-49-52-55-58-61-64-67-73(76)79-70-71(69-78-72(75)66-63-60-57-54-51-48-45-30-27-24-21-18-15-12-9-6-3)80-74(77)68-65-62-59-56-53-50-47-44-42-39-34-32-29-26-23-20-17-14-11-8-5-2/h7-8,10-11,16-17,19-20,25-26,28-29,33-35,39,44,47,71H,4-6,9,12-15,18,21-24,27,30-32,36-38,40-43,45-46,48-70H2,1-3H3/b10-7-,11-8-,19-16-,20-17-,28-25-,29-26-,35-33-,39-34-,47-44-. The maximum atomic E-state index is 12.9. The molecule has 0 amide bonds. The van der Waals surface area contributed by atoms with Crippen LogP contribution in [0.3, 0.4) is 0 Å². The van der Waals surface area contributed by atoms with Gasteiger partial charge in [0.15, 0.2) is 6.10 Å². The van der Waals surface area contributed by atoms with Crippen LogP contribution >= 0.6 is 0 Å². The zero-order valence-corrected chi connectivity index (χ0v) is 52.6. The molecule has 0 N–H and O–H groups in total. The first-order chi connectivity index (χ1) is 39.5. The predicted molar refractivity (Wildman–Crippen MR) is 348 cm³/mol. The first-order valence-electron chi connectivity index (χ1n) is 33.9. The zero-order valence-electron chi connectivity index (χ0n) is 52.6. The molecule has 0 heterocycles. The molecule has 0 saturated heterocycles. The summed E-state index contributed by atoms with van der Waals surface area (Å²) in [6.45, 7) is 6.44. The van der Waals surface area contributed by atoms with Gasteiger partial charge >= 0.3 is 17.9 Å². The van der Waals surface area contributed by atoms with Gasteiger partial charge in [0, 0.05) is 19.3 Å². The summed E-state index contributed by atoms with van der Waals surface area (Å²) in [5, 5.41) is 0. The van der Waals surface area contributed by atoms with Crippen LogP contribution in [0.25, 0.3) is 0 Å². The highest BCUT2D eigenvalue weighted by Gasteiger charge is 2.19. The normalized spacial score (nSPS) is 12.8. The summed E-state index contributed by atoms with van der Waals surface area (Å²) in [6.07, 6.45) is 92.4. The fraction of sp³-hybridized carbons (Fsp3) is 0.716. The van der Waals surface area contributed by atoms with Gasteiger partial charge in [-0.05, 0) is 103 Å². The molecule has 0 aliphatic carbocycles. The minimum absolute atomic E-state index is 0.0841. The third-order valence-corrected chi connectivity index (χ3v) is 14.5. The molecule has 6 heteroatoms. The molecular weight excluding hydrogens is 985 g/mol. The molecule has 80 heavy (non-hydrogen) atoms. The minimum atomic E-state index is -0.791. The van der Waals surface area contributed by atoms with Gasteiger partial charge < -0.3 is 14.2 Å². The monoisotopic (exact) mass is 1110 g/mol. The molecule has 0 radical (unpaired) electrons. The number of hydrogen-bond acceptors (Lipinski definition) is 6. The Morgan fingerprint density at radius 2 is 0.487 bits per heavy atom. The fourth-order valence-electron chi connectivity index (χ4n) is 9.52. The number of ether oxygens (including phenoxy) is 3. The molecule has 0 aliphatic rings. The Morgan fingerprint density at radius 3 is 0.762 bits per heavy atom. The van der Waals surface area contributed by atoms with E-state index in [1.54, 1.807) is 0 Å². The predicted octanol–water partition coefficient (Wildman–Crippen LogP) is 23.4. The van der Waals surface area contributed by atoms with Crippen LogP contribution in [0.15, 0.2) is 109 Å². The van der Waals surface area contributed by atoms with Crippen molar-refractivity contribution in [1.82, 2.24) is 0 Å². The van der Waals surface area contributed by atoms with Gasteiger partial charge in [0.1, 0.15) is 13.2 Å². The van der Waals surface area contributed by atoms with Gasteiger partial charge in [0.05, 0.1) is 0 Å². The van der Waals surface area contributed by atoms with E-state index in [4.69, 9.17) is 14.2 Å². The van der Waals surface area contributed by atoms with Crippen LogP contribution in [-0.4, -0.2) is 37.2 Å².